The lowest BCUT2D eigenvalue weighted by Gasteiger charge is -2.44. The number of carbonyl (C=O) groups is 5. The van der Waals surface area contributed by atoms with E-state index in [0.29, 0.717) is 100 Å². The van der Waals surface area contributed by atoms with Crippen molar-refractivity contribution < 1.29 is 68.9 Å². The summed E-state index contributed by atoms with van der Waals surface area (Å²) in [6, 6.07) is 35.5. The minimum absolute atomic E-state index is 0.0294. The number of unbranched alkanes of at least 4 members (excludes halogenated alkanes) is 2. The van der Waals surface area contributed by atoms with Crippen LogP contribution >= 0.6 is 0 Å². The summed E-state index contributed by atoms with van der Waals surface area (Å²) in [4.78, 5) is 84.0. The Morgan fingerprint density at radius 1 is 0.673 bits per heavy atom. The van der Waals surface area contributed by atoms with Crippen LogP contribution in [-0.4, -0.2) is 190 Å². The topological polar surface area (TPSA) is 161 Å². The number of ether oxygens (including phenoxy) is 3. The fraction of sp³-hybridized carbons (Fsp3) is 0.459. The molecule has 4 heterocycles. The number of likely N-dealkylation sites (N-methyl/N-ethyl adjacent to an activating group) is 2. The summed E-state index contributed by atoms with van der Waals surface area (Å²) < 4.78 is 116. The van der Waals surface area contributed by atoms with Crippen LogP contribution in [0.5, 0.6) is 0 Å². The van der Waals surface area contributed by atoms with Crippen molar-refractivity contribution in [2.75, 3.05) is 124 Å². The van der Waals surface area contributed by atoms with Crippen LogP contribution < -0.4 is 10.2 Å². The molecule has 3 fully saturated rings. The maximum atomic E-state index is 14.2. The zero-order chi connectivity index (χ0) is 69.8. The molecule has 98 heavy (non-hydrogen) atoms. The first-order valence-electron chi connectivity index (χ1n) is 33.5. The second kappa shape index (κ2) is 32.0. The number of hydrogen-bond donors (Lipinski definition) is 1. The van der Waals surface area contributed by atoms with Gasteiger partial charge in [0.2, 0.25) is 11.8 Å². The lowest BCUT2D eigenvalue weighted by Crippen LogP contribution is -2.50. The molecule has 6 aromatic rings. The van der Waals surface area contributed by atoms with E-state index in [9.17, 15) is 54.7 Å². The summed E-state index contributed by atoms with van der Waals surface area (Å²) in [7, 11) is 7.23. The summed E-state index contributed by atoms with van der Waals surface area (Å²) in [6.45, 7) is 5.25. The lowest BCUT2D eigenvalue weighted by atomic mass is 9.72. The van der Waals surface area contributed by atoms with Crippen molar-refractivity contribution >= 4 is 41.1 Å². The highest BCUT2D eigenvalue weighted by molar-refractivity contribution is 5.95. The van der Waals surface area contributed by atoms with Gasteiger partial charge in [0, 0.05) is 104 Å². The molecular formula is C74H86F7N9O8. The number of aromatic nitrogens is 1. The third-order valence-electron chi connectivity index (χ3n) is 19.8. The number of benzene rings is 5. The highest BCUT2D eigenvalue weighted by Gasteiger charge is 2.50. The number of amides is 5. The quantitative estimate of drug-likeness (QED) is 0.0405. The number of anilines is 2. The predicted octanol–water partition coefficient (Wildman–Crippen LogP) is 12.4. The molecule has 1 spiro atoms. The highest BCUT2D eigenvalue weighted by Crippen LogP contribution is 2.49. The first-order chi connectivity index (χ1) is 46.9. The van der Waals surface area contributed by atoms with Crippen LogP contribution in [-0.2, 0) is 53.6 Å². The van der Waals surface area contributed by atoms with E-state index in [1.165, 1.54) is 24.3 Å². The number of fused-ring (bicyclic) bond motifs is 2. The Labute approximate surface area is 567 Å². The van der Waals surface area contributed by atoms with Gasteiger partial charge in [-0.3, -0.25) is 24.5 Å². The van der Waals surface area contributed by atoms with E-state index in [4.69, 9.17) is 14.2 Å². The van der Waals surface area contributed by atoms with Crippen molar-refractivity contribution in [3.05, 3.63) is 185 Å². The van der Waals surface area contributed by atoms with Gasteiger partial charge in [0.1, 0.15) is 36.6 Å². The third-order valence-corrected chi connectivity index (χ3v) is 19.8. The number of alkyl halides is 6. The molecule has 2 atom stereocenters. The molecule has 5 amide bonds. The molecule has 0 unspecified atom stereocenters. The van der Waals surface area contributed by atoms with Crippen LogP contribution in [0.2, 0.25) is 0 Å². The molecule has 0 saturated carbocycles. The average molecular weight is 1360 g/mol. The van der Waals surface area contributed by atoms with Crippen LogP contribution in [0.25, 0.3) is 11.1 Å². The van der Waals surface area contributed by atoms with Gasteiger partial charge in [0.05, 0.1) is 41.3 Å². The van der Waals surface area contributed by atoms with E-state index in [1.807, 2.05) is 86.9 Å². The largest absolute Gasteiger partial charge is 0.446 e. The SMILES string of the molecule is CN(CCN1CCC(OC(=O)Nc2ccccc2-c2ccccc2)CC1)C(=O)CCCCCN(C)c1ccc(C(=O)N(C)CCCN(C)C(=O)CO[C@H]2Cc3ccccc3C23CCN(CC[C@@]2(c4ccc(F)cc4)CN(C(=O)c4cc(C(F)(F)F)cc(C(F)(F)F)c4)CO2)CC3)nc1. The highest BCUT2D eigenvalue weighted by atomic mass is 19.4. The number of para-hydroxylation sites is 1. The van der Waals surface area contributed by atoms with Crippen molar-refractivity contribution in [2.24, 2.45) is 0 Å². The molecular weight excluding hydrogens is 1280 g/mol. The van der Waals surface area contributed by atoms with E-state index in [0.717, 1.165) is 91.1 Å². The Kier molecular flexibility index (Phi) is 23.6. The van der Waals surface area contributed by atoms with Gasteiger partial charge in [0.15, 0.2) is 0 Å². The van der Waals surface area contributed by atoms with Crippen LogP contribution in [0.3, 0.4) is 0 Å². The average Bonchev–Trinajstić information content (AvgIpc) is 1.58. The van der Waals surface area contributed by atoms with Crippen molar-refractivity contribution in [3.63, 3.8) is 0 Å². The zero-order valence-electron chi connectivity index (χ0n) is 55.9. The Morgan fingerprint density at radius 2 is 1.33 bits per heavy atom. The van der Waals surface area contributed by atoms with Gasteiger partial charge in [-0.05, 0) is 142 Å². The van der Waals surface area contributed by atoms with Crippen molar-refractivity contribution in [1.82, 2.24) is 34.4 Å². The van der Waals surface area contributed by atoms with Crippen LogP contribution in [0.4, 0.5) is 46.9 Å². The standard InChI is InChI=1S/C74H86F7N9O8/c1-84(34-14-6-9-22-66(91)86(3)42-43-88-37-29-60(30-38-88)98-70(95)83-63-21-13-11-19-61(63)52-16-7-5-8-17-52)59-27-28-64(82-48-59)69(94)87(4)36-15-35-85(2)67(92)49-96-65-46-53-18-10-12-20-62(53)71(65)31-39-89(40-32-71)41-33-72(55-23-25-58(75)26-24-55)50-90(51-97-72)68(93)54-44-56(73(76,77)78)47-57(45-54)74(79,80)81/h5,7-8,10-13,16-21,23-28,44-45,47-48,60,65H,6,9,14-15,22,29-43,46,49-51H2,1-4H3,(H,83,95)/t65-,72-/m0/s1. The van der Waals surface area contributed by atoms with Crippen molar-refractivity contribution in [2.45, 2.75) is 106 Å². The normalized spacial score (nSPS) is 18.1. The van der Waals surface area contributed by atoms with E-state index in [2.05, 4.69) is 37.1 Å². The monoisotopic (exact) mass is 1360 g/mol. The molecule has 10 rings (SSSR count). The third kappa shape index (κ3) is 18.1. The van der Waals surface area contributed by atoms with Crippen LogP contribution in [0.1, 0.15) is 113 Å². The van der Waals surface area contributed by atoms with Gasteiger partial charge >= 0.3 is 18.4 Å². The molecule has 524 valence electrons. The number of carbonyl (C=O) groups excluding carboxylic acids is 5. The number of pyridine rings is 1. The number of nitrogens with one attached hydrogen (secondary N) is 1. The van der Waals surface area contributed by atoms with E-state index in [-0.39, 0.29) is 55.6 Å². The van der Waals surface area contributed by atoms with Crippen LogP contribution in [0, 0.1) is 5.82 Å². The van der Waals surface area contributed by atoms with Crippen molar-refractivity contribution in [1.29, 1.82) is 0 Å². The summed E-state index contributed by atoms with van der Waals surface area (Å²) in [5.74, 6) is -1.95. The molecule has 5 aromatic carbocycles. The number of piperidine rings is 2. The van der Waals surface area contributed by atoms with Crippen molar-refractivity contribution in [3.8, 4) is 11.1 Å². The molecule has 17 nitrogen and oxygen atoms in total. The maximum Gasteiger partial charge on any atom is 0.416 e. The lowest BCUT2D eigenvalue weighted by molar-refractivity contribution is -0.143. The first kappa shape index (κ1) is 72.3. The molecule has 3 aliphatic heterocycles. The maximum absolute atomic E-state index is 14.2. The number of halogens is 7. The molecule has 4 aliphatic rings. The second-order valence-electron chi connectivity index (χ2n) is 26.3. The van der Waals surface area contributed by atoms with Gasteiger partial charge in [-0.15, -0.1) is 0 Å². The fourth-order valence-electron chi connectivity index (χ4n) is 13.8. The van der Waals surface area contributed by atoms with Gasteiger partial charge in [-0.25, -0.2) is 14.2 Å². The molecule has 3 saturated heterocycles. The second-order valence-corrected chi connectivity index (χ2v) is 26.3. The first-order valence-corrected chi connectivity index (χ1v) is 33.5. The van der Waals surface area contributed by atoms with Crippen LogP contribution in [0.15, 0.2) is 140 Å². The summed E-state index contributed by atoms with van der Waals surface area (Å²) in [5, 5.41) is 2.93. The van der Waals surface area contributed by atoms with E-state index in [1.54, 1.807) is 41.1 Å². The fourth-order valence-corrected chi connectivity index (χ4v) is 13.8. The summed E-state index contributed by atoms with van der Waals surface area (Å²) >= 11 is 0. The smallest absolute Gasteiger partial charge is 0.416 e. The molecule has 0 bridgehead atoms. The van der Waals surface area contributed by atoms with Gasteiger partial charge in [-0.2, -0.15) is 26.3 Å². The molecule has 0 radical (unpaired) electrons. The minimum atomic E-state index is -5.15. The van der Waals surface area contributed by atoms with Gasteiger partial charge < -0.3 is 48.5 Å². The molecule has 1 aliphatic carbocycles. The molecule has 1 aromatic heterocycles. The number of hydrogen-bond acceptors (Lipinski definition) is 12. The summed E-state index contributed by atoms with van der Waals surface area (Å²) in [6.07, 6.45) is -2.44. The Hall–Kier alpha value is -8.45. The number of nitrogens with zero attached hydrogens (tertiary/aromatic N) is 8. The Balaban J connectivity index is 0.610. The Morgan fingerprint density at radius 3 is 2.02 bits per heavy atom. The Bertz CT molecular complexity index is 3670. The zero-order valence-corrected chi connectivity index (χ0v) is 55.9. The van der Waals surface area contributed by atoms with Gasteiger partial charge in [-0.1, -0.05) is 91.3 Å². The molecule has 1 N–H and O–H groups in total. The van der Waals surface area contributed by atoms with E-state index < -0.39 is 64.6 Å². The number of rotatable bonds is 26. The van der Waals surface area contributed by atoms with E-state index >= 15 is 0 Å². The van der Waals surface area contributed by atoms with Gasteiger partial charge in [0.25, 0.3) is 11.8 Å². The molecule has 24 heteroatoms. The predicted molar refractivity (Wildman–Crippen MR) is 358 cm³/mol. The number of likely N-dealkylation sites (tertiary alicyclic amines) is 2. The minimum Gasteiger partial charge on any atom is -0.446 e. The summed E-state index contributed by atoms with van der Waals surface area (Å²) in [5.41, 5.74) is 0.891.